The monoisotopic (exact) mass is 284 g/mol. The van der Waals surface area contributed by atoms with Gasteiger partial charge < -0.3 is 0 Å². The second kappa shape index (κ2) is 6.84. The zero-order valence-corrected chi connectivity index (χ0v) is 13.0. The molecule has 1 aliphatic carbocycles. The van der Waals surface area contributed by atoms with Gasteiger partial charge in [-0.25, -0.2) is 0 Å². The average molecular weight is 284 g/mol. The number of rotatable bonds is 6. The van der Waals surface area contributed by atoms with Crippen LogP contribution < -0.4 is 0 Å². The van der Waals surface area contributed by atoms with E-state index in [0.29, 0.717) is 24.0 Å². The summed E-state index contributed by atoms with van der Waals surface area (Å²) >= 11 is 0. The molecule has 0 saturated carbocycles. The Labute approximate surface area is 127 Å². The van der Waals surface area contributed by atoms with Crippen LogP contribution in [0, 0.1) is 5.41 Å². The standard InChI is InChI=1S/C19H24O2/c1-3-4-5-6-7-10-13-19(2)14-17(20)15-11-8-9-12-16(15)18(19)21/h7-12H,3-6,13-14H2,1-2H3/b10-7+. The molecule has 0 radical (unpaired) electrons. The van der Waals surface area contributed by atoms with Crippen molar-refractivity contribution in [3.05, 3.63) is 47.5 Å². The number of allylic oxidation sites excluding steroid dienone is 2. The van der Waals surface area contributed by atoms with E-state index in [-0.39, 0.29) is 11.6 Å². The third-order valence-corrected chi connectivity index (χ3v) is 4.28. The number of unbranched alkanes of at least 4 members (excludes halogenated alkanes) is 3. The van der Waals surface area contributed by atoms with Crippen LogP contribution in [0.3, 0.4) is 0 Å². The van der Waals surface area contributed by atoms with Crippen LogP contribution >= 0.6 is 0 Å². The van der Waals surface area contributed by atoms with E-state index in [1.54, 1.807) is 12.1 Å². The van der Waals surface area contributed by atoms with Gasteiger partial charge in [-0.1, -0.05) is 63.1 Å². The van der Waals surface area contributed by atoms with Crippen LogP contribution in [0.25, 0.3) is 0 Å². The van der Waals surface area contributed by atoms with Crippen molar-refractivity contribution in [3.63, 3.8) is 0 Å². The number of ketones is 2. The number of hydrogen-bond acceptors (Lipinski definition) is 2. The summed E-state index contributed by atoms with van der Waals surface area (Å²) < 4.78 is 0. The molecule has 0 fully saturated rings. The van der Waals surface area contributed by atoms with Crippen LogP contribution in [0.1, 0.15) is 73.1 Å². The number of carbonyl (C=O) groups is 2. The van der Waals surface area contributed by atoms with Gasteiger partial charge in [0.1, 0.15) is 0 Å². The van der Waals surface area contributed by atoms with E-state index < -0.39 is 5.41 Å². The van der Waals surface area contributed by atoms with E-state index in [9.17, 15) is 9.59 Å². The van der Waals surface area contributed by atoms with E-state index in [1.807, 2.05) is 19.1 Å². The van der Waals surface area contributed by atoms with Gasteiger partial charge in [0, 0.05) is 23.0 Å². The summed E-state index contributed by atoms with van der Waals surface area (Å²) in [6.07, 6.45) is 9.91. The fourth-order valence-corrected chi connectivity index (χ4v) is 2.92. The molecule has 2 nitrogen and oxygen atoms in total. The van der Waals surface area contributed by atoms with Crippen LogP contribution in [-0.2, 0) is 0 Å². The predicted octanol–water partition coefficient (Wildman–Crippen LogP) is 4.99. The second-order valence-electron chi connectivity index (χ2n) is 6.21. The van der Waals surface area contributed by atoms with E-state index >= 15 is 0 Å². The number of hydrogen-bond donors (Lipinski definition) is 0. The van der Waals surface area contributed by atoms with Gasteiger partial charge in [0.15, 0.2) is 11.6 Å². The van der Waals surface area contributed by atoms with Crippen molar-refractivity contribution in [2.75, 3.05) is 0 Å². The predicted molar refractivity (Wildman–Crippen MR) is 85.7 cm³/mol. The van der Waals surface area contributed by atoms with Gasteiger partial charge in [-0.2, -0.15) is 0 Å². The molecule has 1 aliphatic rings. The van der Waals surface area contributed by atoms with Crippen LogP contribution in [0.5, 0.6) is 0 Å². The van der Waals surface area contributed by atoms with Crippen molar-refractivity contribution in [2.45, 2.75) is 52.4 Å². The molecular formula is C19H24O2. The molecule has 1 aromatic rings. The largest absolute Gasteiger partial charge is 0.294 e. The number of Topliss-reactive ketones (excluding diaryl/α,β-unsaturated/α-hetero) is 2. The third-order valence-electron chi connectivity index (χ3n) is 4.28. The van der Waals surface area contributed by atoms with Crippen LogP contribution in [0.15, 0.2) is 36.4 Å². The summed E-state index contributed by atoms with van der Waals surface area (Å²) in [5.74, 6) is 0.197. The molecule has 0 heterocycles. The highest BCUT2D eigenvalue weighted by Crippen LogP contribution is 2.38. The van der Waals surface area contributed by atoms with Crippen molar-refractivity contribution in [3.8, 4) is 0 Å². The molecule has 0 amide bonds. The zero-order valence-electron chi connectivity index (χ0n) is 13.0. The maximum atomic E-state index is 12.7. The SMILES string of the molecule is CCCCC/C=C/CC1(C)CC(=O)c2ccccc2C1=O. The Kier molecular flexibility index (Phi) is 5.11. The van der Waals surface area contributed by atoms with E-state index in [1.165, 1.54) is 19.3 Å². The molecule has 21 heavy (non-hydrogen) atoms. The van der Waals surface area contributed by atoms with Gasteiger partial charge >= 0.3 is 0 Å². The molecule has 2 rings (SSSR count). The number of benzene rings is 1. The molecule has 0 spiro atoms. The van der Waals surface area contributed by atoms with Gasteiger partial charge in [0.05, 0.1) is 0 Å². The average Bonchev–Trinajstić information content (AvgIpc) is 2.49. The Morgan fingerprint density at radius 2 is 1.81 bits per heavy atom. The quantitative estimate of drug-likeness (QED) is 0.545. The van der Waals surface area contributed by atoms with Gasteiger partial charge in [0.2, 0.25) is 0 Å². The maximum absolute atomic E-state index is 12.7. The first kappa shape index (κ1) is 15.7. The Hall–Kier alpha value is -1.70. The lowest BCUT2D eigenvalue weighted by atomic mass is 9.69. The van der Waals surface area contributed by atoms with Crippen molar-refractivity contribution in [1.82, 2.24) is 0 Å². The summed E-state index contributed by atoms with van der Waals surface area (Å²) in [6, 6.07) is 7.18. The minimum Gasteiger partial charge on any atom is -0.294 e. The highest BCUT2D eigenvalue weighted by molar-refractivity contribution is 6.16. The van der Waals surface area contributed by atoms with E-state index in [2.05, 4.69) is 19.1 Å². The second-order valence-corrected chi connectivity index (χ2v) is 6.21. The Morgan fingerprint density at radius 3 is 2.52 bits per heavy atom. The highest BCUT2D eigenvalue weighted by atomic mass is 16.1. The van der Waals surface area contributed by atoms with Crippen LogP contribution in [0.4, 0.5) is 0 Å². The first-order chi connectivity index (χ1) is 10.1. The van der Waals surface area contributed by atoms with E-state index in [4.69, 9.17) is 0 Å². The van der Waals surface area contributed by atoms with Crippen LogP contribution in [0.2, 0.25) is 0 Å². The lowest BCUT2D eigenvalue weighted by Gasteiger charge is -2.31. The zero-order chi connectivity index (χ0) is 15.3. The molecule has 0 aliphatic heterocycles. The first-order valence-corrected chi connectivity index (χ1v) is 7.90. The molecule has 2 heteroatoms. The molecule has 1 atom stereocenters. The summed E-state index contributed by atoms with van der Waals surface area (Å²) in [7, 11) is 0. The molecule has 1 aromatic carbocycles. The third kappa shape index (κ3) is 3.49. The minimum atomic E-state index is -0.577. The van der Waals surface area contributed by atoms with Crippen molar-refractivity contribution in [2.24, 2.45) is 5.41 Å². The lowest BCUT2D eigenvalue weighted by molar-refractivity contribution is 0.0717. The summed E-state index contributed by atoms with van der Waals surface area (Å²) in [6.45, 7) is 4.11. The normalized spacial score (nSPS) is 21.8. The number of carbonyl (C=O) groups excluding carboxylic acids is 2. The Balaban J connectivity index is 2.06. The maximum Gasteiger partial charge on any atom is 0.170 e. The minimum absolute atomic E-state index is 0.0899. The molecular weight excluding hydrogens is 260 g/mol. The van der Waals surface area contributed by atoms with Gasteiger partial charge in [-0.3, -0.25) is 9.59 Å². The Morgan fingerprint density at radius 1 is 1.10 bits per heavy atom. The van der Waals surface area contributed by atoms with Crippen LogP contribution in [-0.4, -0.2) is 11.6 Å². The molecule has 0 saturated heterocycles. The Bertz CT molecular complexity index is 556. The lowest BCUT2D eigenvalue weighted by Crippen LogP contribution is -2.36. The summed E-state index contributed by atoms with van der Waals surface area (Å²) in [5, 5.41) is 0. The van der Waals surface area contributed by atoms with Gasteiger partial charge in [-0.15, -0.1) is 0 Å². The fourth-order valence-electron chi connectivity index (χ4n) is 2.92. The smallest absolute Gasteiger partial charge is 0.170 e. The van der Waals surface area contributed by atoms with Gasteiger partial charge in [-0.05, 0) is 19.3 Å². The number of fused-ring (bicyclic) bond motifs is 1. The topological polar surface area (TPSA) is 34.1 Å². The van der Waals surface area contributed by atoms with Crippen molar-refractivity contribution >= 4 is 11.6 Å². The van der Waals surface area contributed by atoms with Crippen molar-refractivity contribution < 1.29 is 9.59 Å². The van der Waals surface area contributed by atoms with Gasteiger partial charge in [0.25, 0.3) is 0 Å². The summed E-state index contributed by atoms with van der Waals surface area (Å²) in [4.78, 5) is 24.9. The van der Waals surface area contributed by atoms with E-state index in [0.717, 1.165) is 6.42 Å². The molecule has 0 N–H and O–H groups in total. The molecule has 1 unspecified atom stereocenters. The molecule has 112 valence electrons. The van der Waals surface area contributed by atoms with Crippen molar-refractivity contribution in [1.29, 1.82) is 0 Å². The molecule has 0 aromatic heterocycles. The first-order valence-electron chi connectivity index (χ1n) is 7.90. The molecule has 0 bridgehead atoms. The highest BCUT2D eigenvalue weighted by Gasteiger charge is 2.41. The summed E-state index contributed by atoms with van der Waals surface area (Å²) in [5.41, 5.74) is 0.606. The fraction of sp³-hybridized carbons (Fsp3) is 0.474.